The first kappa shape index (κ1) is 22.9. The lowest BCUT2D eigenvalue weighted by molar-refractivity contribution is 0.0601. The maximum Gasteiger partial charge on any atom is 0.341 e. The number of benzene rings is 1. The maximum absolute atomic E-state index is 12.6. The Labute approximate surface area is 188 Å². The van der Waals surface area contributed by atoms with E-state index < -0.39 is 17.8 Å². The van der Waals surface area contributed by atoms with Crippen molar-refractivity contribution in [1.82, 2.24) is 0 Å². The third-order valence-electron chi connectivity index (χ3n) is 4.39. The van der Waals surface area contributed by atoms with Gasteiger partial charge in [-0.05, 0) is 55.8 Å². The molecule has 10 heteroatoms. The minimum absolute atomic E-state index is 0.0118. The standard InChI is InChI=1S/C22H22N2O7S/c1-4-29-13-5-7-14(8-6-13)30-11-15-9-10-16(31-15)20(26)24-21-17(22(27)28-3)12(2)18(32-21)19(23)25/h5-10H,4,11H2,1-3H3,(H2,23,25)(H,24,26). The summed E-state index contributed by atoms with van der Waals surface area (Å²) in [5, 5.41) is 2.74. The van der Waals surface area contributed by atoms with Crippen molar-refractivity contribution >= 4 is 34.1 Å². The summed E-state index contributed by atoms with van der Waals surface area (Å²) in [5.41, 5.74) is 5.77. The van der Waals surface area contributed by atoms with Crippen molar-refractivity contribution in [2.75, 3.05) is 19.0 Å². The summed E-state index contributed by atoms with van der Waals surface area (Å²) in [6, 6.07) is 10.2. The molecule has 0 atom stereocenters. The normalized spacial score (nSPS) is 10.5. The van der Waals surface area contributed by atoms with E-state index in [-0.39, 0.29) is 27.8 Å². The zero-order valence-electron chi connectivity index (χ0n) is 17.7. The van der Waals surface area contributed by atoms with Gasteiger partial charge in [-0.3, -0.25) is 9.59 Å². The summed E-state index contributed by atoms with van der Waals surface area (Å²) in [6.07, 6.45) is 0. The van der Waals surface area contributed by atoms with Crippen LogP contribution in [0.5, 0.6) is 11.5 Å². The average molecular weight is 458 g/mol. The Morgan fingerprint density at radius 1 is 1.06 bits per heavy atom. The molecule has 2 heterocycles. The third kappa shape index (κ3) is 5.09. The third-order valence-corrected chi connectivity index (χ3v) is 5.61. The molecular weight excluding hydrogens is 436 g/mol. The highest BCUT2D eigenvalue weighted by molar-refractivity contribution is 7.18. The smallest absolute Gasteiger partial charge is 0.341 e. The molecule has 0 aliphatic heterocycles. The van der Waals surface area contributed by atoms with Gasteiger partial charge in [0, 0.05) is 0 Å². The first-order valence-electron chi connectivity index (χ1n) is 9.61. The van der Waals surface area contributed by atoms with Gasteiger partial charge in [-0.15, -0.1) is 11.3 Å². The Morgan fingerprint density at radius 3 is 2.31 bits per heavy atom. The van der Waals surface area contributed by atoms with Crippen molar-refractivity contribution in [1.29, 1.82) is 0 Å². The molecule has 3 rings (SSSR count). The molecular formula is C22H22N2O7S. The van der Waals surface area contributed by atoms with E-state index in [0.29, 0.717) is 23.7 Å². The molecule has 0 radical (unpaired) electrons. The number of hydrogen-bond donors (Lipinski definition) is 2. The SMILES string of the molecule is CCOc1ccc(OCc2ccc(C(=O)Nc3sc(C(N)=O)c(C)c3C(=O)OC)o2)cc1. The van der Waals surface area contributed by atoms with Crippen molar-refractivity contribution < 1.29 is 33.0 Å². The molecule has 0 fully saturated rings. The van der Waals surface area contributed by atoms with Crippen molar-refractivity contribution in [3.63, 3.8) is 0 Å². The van der Waals surface area contributed by atoms with Crippen LogP contribution in [0.15, 0.2) is 40.8 Å². The number of ether oxygens (including phenoxy) is 3. The van der Waals surface area contributed by atoms with E-state index in [1.807, 2.05) is 6.92 Å². The fourth-order valence-corrected chi connectivity index (χ4v) is 3.92. The number of carbonyl (C=O) groups excluding carboxylic acids is 3. The molecule has 32 heavy (non-hydrogen) atoms. The highest BCUT2D eigenvalue weighted by Gasteiger charge is 2.26. The maximum atomic E-state index is 12.6. The lowest BCUT2D eigenvalue weighted by Gasteiger charge is -2.06. The number of rotatable bonds is 9. The van der Waals surface area contributed by atoms with Crippen LogP contribution in [-0.4, -0.2) is 31.5 Å². The molecule has 0 saturated carbocycles. The summed E-state index contributed by atoms with van der Waals surface area (Å²) in [7, 11) is 1.21. The quantitative estimate of drug-likeness (QED) is 0.467. The zero-order valence-corrected chi connectivity index (χ0v) is 18.5. The van der Waals surface area contributed by atoms with Gasteiger partial charge in [-0.2, -0.15) is 0 Å². The lowest BCUT2D eigenvalue weighted by Crippen LogP contribution is -2.14. The first-order chi connectivity index (χ1) is 15.3. The molecule has 2 aromatic heterocycles. The molecule has 0 aliphatic carbocycles. The second kappa shape index (κ2) is 10.0. The molecule has 0 aliphatic rings. The number of hydrogen-bond acceptors (Lipinski definition) is 8. The van der Waals surface area contributed by atoms with E-state index in [1.54, 1.807) is 37.3 Å². The average Bonchev–Trinajstić information content (AvgIpc) is 3.38. The zero-order chi connectivity index (χ0) is 23.3. The topological polar surface area (TPSA) is 130 Å². The van der Waals surface area contributed by atoms with Crippen molar-refractivity contribution in [2.45, 2.75) is 20.5 Å². The number of thiophene rings is 1. The van der Waals surface area contributed by atoms with Crippen molar-refractivity contribution in [2.24, 2.45) is 5.73 Å². The number of methoxy groups -OCH3 is 1. The number of nitrogens with one attached hydrogen (secondary N) is 1. The largest absolute Gasteiger partial charge is 0.494 e. The summed E-state index contributed by atoms with van der Waals surface area (Å²) in [5.74, 6) is -0.191. The van der Waals surface area contributed by atoms with Gasteiger partial charge in [-0.25, -0.2) is 4.79 Å². The van der Waals surface area contributed by atoms with Crippen LogP contribution < -0.4 is 20.5 Å². The first-order valence-corrected chi connectivity index (χ1v) is 10.4. The fraction of sp³-hybridized carbons (Fsp3) is 0.227. The van der Waals surface area contributed by atoms with Gasteiger partial charge >= 0.3 is 5.97 Å². The molecule has 0 bridgehead atoms. The Bertz CT molecular complexity index is 1130. The Morgan fingerprint density at radius 2 is 1.72 bits per heavy atom. The van der Waals surface area contributed by atoms with E-state index >= 15 is 0 Å². The number of primary amides is 1. The van der Waals surface area contributed by atoms with E-state index in [2.05, 4.69) is 5.32 Å². The van der Waals surface area contributed by atoms with Crippen LogP contribution in [0.3, 0.4) is 0 Å². The van der Waals surface area contributed by atoms with Crippen LogP contribution in [-0.2, 0) is 11.3 Å². The monoisotopic (exact) mass is 458 g/mol. The predicted octanol–water partition coefficient (Wildman–Crippen LogP) is 3.77. The molecule has 0 unspecified atom stereocenters. The Hall–Kier alpha value is -3.79. The summed E-state index contributed by atoms with van der Waals surface area (Å²) >= 11 is 0.896. The van der Waals surface area contributed by atoms with E-state index in [0.717, 1.165) is 17.1 Å². The van der Waals surface area contributed by atoms with E-state index in [1.165, 1.54) is 13.2 Å². The number of furan rings is 1. The van der Waals surface area contributed by atoms with Crippen LogP contribution in [0.1, 0.15) is 48.8 Å². The number of anilines is 1. The van der Waals surface area contributed by atoms with Crippen LogP contribution in [0.2, 0.25) is 0 Å². The van der Waals surface area contributed by atoms with Crippen LogP contribution >= 0.6 is 11.3 Å². The molecule has 2 amide bonds. The summed E-state index contributed by atoms with van der Waals surface area (Å²) in [4.78, 5) is 36.5. The van der Waals surface area contributed by atoms with Crippen LogP contribution in [0, 0.1) is 6.92 Å². The number of amides is 2. The highest BCUT2D eigenvalue weighted by atomic mass is 32.1. The molecule has 1 aromatic carbocycles. The van der Waals surface area contributed by atoms with Gasteiger partial charge in [0.1, 0.15) is 28.9 Å². The van der Waals surface area contributed by atoms with Gasteiger partial charge < -0.3 is 29.7 Å². The van der Waals surface area contributed by atoms with Crippen molar-refractivity contribution in [3.8, 4) is 11.5 Å². The second-order valence-corrected chi connectivity index (χ2v) is 7.55. The number of carbonyl (C=O) groups is 3. The summed E-state index contributed by atoms with van der Waals surface area (Å²) in [6.45, 7) is 4.15. The number of esters is 1. The van der Waals surface area contributed by atoms with Gasteiger partial charge in [0.2, 0.25) is 0 Å². The summed E-state index contributed by atoms with van der Waals surface area (Å²) < 4.78 is 21.3. The van der Waals surface area contributed by atoms with E-state index in [9.17, 15) is 14.4 Å². The van der Waals surface area contributed by atoms with Crippen LogP contribution in [0.4, 0.5) is 5.00 Å². The van der Waals surface area contributed by atoms with Crippen LogP contribution in [0.25, 0.3) is 0 Å². The molecule has 0 spiro atoms. The molecule has 3 N–H and O–H groups in total. The molecule has 168 valence electrons. The van der Waals surface area contributed by atoms with Crippen molar-refractivity contribution in [3.05, 3.63) is 63.9 Å². The van der Waals surface area contributed by atoms with Gasteiger partial charge in [0.25, 0.3) is 11.8 Å². The van der Waals surface area contributed by atoms with E-state index in [4.69, 9.17) is 24.4 Å². The van der Waals surface area contributed by atoms with Gasteiger partial charge in [0.15, 0.2) is 5.76 Å². The highest BCUT2D eigenvalue weighted by Crippen LogP contribution is 2.34. The molecule has 0 saturated heterocycles. The van der Waals surface area contributed by atoms with Gasteiger partial charge in [-0.1, -0.05) is 0 Å². The van der Waals surface area contributed by atoms with Gasteiger partial charge in [0.05, 0.1) is 24.2 Å². The predicted molar refractivity (Wildman–Crippen MR) is 118 cm³/mol. The minimum Gasteiger partial charge on any atom is -0.494 e. The second-order valence-electron chi connectivity index (χ2n) is 6.53. The number of nitrogens with two attached hydrogens (primary N) is 1. The fourth-order valence-electron chi connectivity index (χ4n) is 2.88. The minimum atomic E-state index is -0.704. The Balaban J connectivity index is 1.69. The molecule has 3 aromatic rings. The Kier molecular flexibility index (Phi) is 7.16. The lowest BCUT2D eigenvalue weighted by atomic mass is 10.1. The molecule has 9 nitrogen and oxygen atoms in total.